The molecule has 0 saturated carbocycles. The molecule has 0 bridgehead atoms. The van der Waals surface area contributed by atoms with Gasteiger partial charge in [0.25, 0.3) is 15.9 Å². The standard InChI is InChI=1S/C25H26F3N3O5S2/c1-15-13-16(2)22(31-8-10-35-11-9-31)17(3)21(15)29-24(32)23-20(7-12-37-23)30-38(33,34)19-6-4-5-18(14-19)36-25(26,27)28/h4-7,12-14,30H,8-11H2,1-3H3,(H,29,32). The Morgan fingerprint density at radius 3 is 2.47 bits per heavy atom. The first-order valence-electron chi connectivity index (χ1n) is 11.6. The number of ether oxygens (including phenoxy) is 2. The van der Waals surface area contributed by atoms with Crippen LogP contribution in [-0.2, 0) is 14.8 Å². The van der Waals surface area contributed by atoms with E-state index in [4.69, 9.17) is 4.74 Å². The number of carbonyl (C=O) groups excluding carboxylic acids is 1. The van der Waals surface area contributed by atoms with Crippen LogP contribution in [-0.4, -0.2) is 47.0 Å². The number of sulfonamides is 1. The molecule has 13 heteroatoms. The number of anilines is 3. The lowest BCUT2D eigenvalue weighted by Crippen LogP contribution is -2.37. The first-order chi connectivity index (χ1) is 17.9. The first-order valence-corrected chi connectivity index (χ1v) is 13.9. The van der Waals surface area contributed by atoms with Crippen LogP contribution in [0.4, 0.5) is 30.2 Å². The van der Waals surface area contributed by atoms with Gasteiger partial charge in [-0.05, 0) is 61.0 Å². The van der Waals surface area contributed by atoms with Gasteiger partial charge in [0.1, 0.15) is 10.6 Å². The number of nitrogens with zero attached hydrogens (tertiary/aromatic N) is 1. The van der Waals surface area contributed by atoms with Crippen LogP contribution >= 0.6 is 11.3 Å². The van der Waals surface area contributed by atoms with Gasteiger partial charge in [-0.1, -0.05) is 12.1 Å². The van der Waals surface area contributed by atoms with Gasteiger partial charge in [0, 0.05) is 30.5 Å². The molecule has 204 valence electrons. The van der Waals surface area contributed by atoms with Crippen LogP contribution in [0.1, 0.15) is 26.4 Å². The van der Waals surface area contributed by atoms with E-state index in [0.29, 0.717) is 18.9 Å². The van der Waals surface area contributed by atoms with Crippen molar-refractivity contribution in [2.45, 2.75) is 32.0 Å². The lowest BCUT2D eigenvalue weighted by atomic mass is 10.0. The summed E-state index contributed by atoms with van der Waals surface area (Å²) < 4.78 is 75.1. The second-order valence-electron chi connectivity index (χ2n) is 8.70. The number of thiophene rings is 1. The Morgan fingerprint density at radius 1 is 1.08 bits per heavy atom. The molecule has 1 saturated heterocycles. The second-order valence-corrected chi connectivity index (χ2v) is 11.3. The maximum atomic E-state index is 13.3. The number of aryl methyl sites for hydroxylation is 2. The second kappa shape index (κ2) is 10.8. The Kier molecular flexibility index (Phi) is 7.90. The molecule has 8 nitrogen and oxygen atoms in total. The van der Waals surface area contributed by atoms with Gasteiger partial charge >= 0.3 is 6.36 Å². The average Bonchev–Trinajstić information content (AvgIpc) is 3.29. The van der Waals surface area contributed by atoms with Gasteiger partial charge in [0.2, 0.25) is 0 Å². The molecule has 0 unspecified atom stereocenters. The fraction of sp³-hybridized carbons (Fsp3) is 0.320. The summed E-state index contributed by atoms with van der Waals surface area (Å²) in [7, 11) is -4.32. The summed E-state index contributed by atoms with van der Waals surface area (Å²) in [6.45, 7) is 8.49. The molecular formula is C25H26F3N3O5S2. The fourth-order valence-electron chi connectivity index (χ4n) is 4.42. The molecule has 2 heterocycles. The van der Waals surface area contributed by atoms with E-state index in [2.05, 4.69) is 19.7 Å². The van der Waals surface area contributed by atoms with Crippen LogP contribution in [0, 0.1) is 20.8 Å². The van der Waals surface area contributed by atoms with Gasteiger partial charge in [0.05, 0.1) is 23.8 Å². The van der Waals surface area contributed by atoms with E-state index >= 15 is 0 Å². The van der Waals surface area contributed by atoms with Gasteiger partial charge in [-0.3, -0.25) is 9.52 Å². The van der Waals surface area contributed by atoms with Gasteiger partial charge in [-0.25, -0.2) is 8.42 Å². The van der Waals surface area contributed by atoms with Crippen LogP contribution in [0.5, 0.6) is 5.75 Å². The minimum Gasteiger partial charge on any atom is -0.406 e. The van der Waals surface area contributed by atoms with Crippen LogP contribution in [0.2, 0.25) is 0 Å². The fourth-order valence-corrected chi connectivity index (χ4v) is 6.33. The molecule has 1 amide bonds. The normalized spacial score (nSPS) is 14.3. The van der Waals surface area contributed by atoms with Crippen LogP contribution in [0.25, 0.3) is 0 Å². The monoisotopic (exact) mass is 569 g/mol. The van der Waals surface area contributed by atoms with Gasteiger partial charge in [-0.15, -0.1) is 24.5 Å². The van der Waals surface area contributed by atoms with Crippen LogP contribution in [0.3, 0.4) is 0 Å². The van der Waals surface area contributed by atoms with E-state index in [1.807, 2.05) is 26.8 Å². The number of hydrogen-bond donors (Lipinski definition) is 2. The Labute approximate surface area is 222 Å². The zero-order valence-electron chi connectivity index (χ0n) is 20.8. The minimum atomic E-state index is -4.97. The highest BCUT2D eigenvalue weighted by Crippen LogP contribution is 2.35. The van der Waals surface area contributed by atoms with Crippen molar-refractivity contribution in [3.8, 4) is 5.75 Å². The molecule has 38 heavy (non-hydrogen) atoms. The number of rotatable bonds is 7. The number of morpholine rings is 1. The zero-order valence-corrected chi connectivity index (χ0v) is 22.4. The Balaban J connectivity index is 1.58. The maximum Gasteiger partial charge on any atom is 0.573 e. The highest BCUT2D eigenvalue weighted by molar-refractivity contribution is 7.92. The van der Waals surface area contributed by atoms with Crippen molar-refractivity contribution in [1.29, 1.82) is 0 Å². The molecule has 0 atom stereocenters. The molecule has 0 spiro atoms. The predicted octanol–water partition coefficient (Wildman–Crippen LogP) is 5.46. The third-order valence-corrected chi connectivity index (χ3v) is 8.24. The largest absolute Gasteiger partial charge is 0.573 e. The number of carbonyl (C=O) groups is 1. The molecule has 1 aliphatic heterocycles. The third kappa shape index (κ3) is 6.22. The van der Waals surface area contributed by atoms with E-state index in [1.54, 1.807) is 5.38 Å². The van der Waals surface area contributed by atoms with Gasteiger partial charge in [-0.2, -0.15) is 0 Å². The summed E-state index contributed by atoms with van der Waals surface area (Å²) in [6, 6.07) is 7.42. The van der Waals surface area contributed by atoms with Crippen molar-refractivity contribution in [2.75, 3.05) is 41.2 Å². The van der Waals surface area contributed by atoms with Crippen molar-refractivity contribution in [3.05, 3.63) is 63.3 Å². The number of benzene rings is 2. The number of amides is 1. The topological polar surface area (TPSA) is 97.0 Å². The van der Waals surface area contributed by atoms with E-state index in [1.165, 1.54) is 6.07 Å². The molecule has 1 aromatic heterocycles. The Bertz CT molecular complexity index is 1450. The smallest absolute Gasteiger partial charge is 0.406 e. The average molecular weight is 570 g/mol. The predicted molar refractivity (Wildman–Crippen MR) is 140 cm³/mol. The Hall–Kier alpha value is -3.29. The van der Waals surface area contributed by atoms with E-state index in [-0.39, 0.29) is 10.6 Å². The molecule has 0 radical (unpaired) electrons. The molecule has 1 aliphatic rings. The summed E-state index contributed by atoms with van der Waals surface area (Å²) in [5.41, 5.74) is 4.46. The highest BCUT2D eigenvalue weighted by atomic mass is 32.2. The number of nitrogens with one attached hydrogen (secondary N) is 2. The summed E-state index contributed by atoms with van der Waals surface area (Å²) in [4.78, 5) is 15.2. The molecule has 4 rings (SSSR count). The minimum absolute atomic E-state index is 0.00506. The summed E-state index contributed by atoms with van der Waals surface area (Å²) in [6.07, 6.45) is -4.97. The summed E-state index contributed by atoms with van der Waals surface area (Å²) >= 11 is 1.03. The molecule has 3 aromatic rings. The molecule has 0 aliphatic carbocycles. The first kappa shape index (κ1) is 27.7. The number of hydrogen-bond acceptors (Lipinski definition) is 7. The lowest BCUT2D eigenvalue weighted by Gasteiger charge is -2.32. The van der Waals surface area contributed by atoms with Crippen molar-refractivity contribution in [3.63, 3.8) is 0 Å². The van der Waals surface area contributed by atoms with Crippen LogP contribution in [0.15, 0.2) is 46.7 Å². The van der Waals surface area contributed by atoms with Crippen molar-refractivity contribution in [2.24, 2.45) is 0 Å². The Morgan fingerprint density at radius 2 is 1.79 bits per heavy atom. The molecule has 2 aromatic carbocycles. The van der Waals surface area contributed by atoms with E-state index in [9.17, 15) is 26.4 Å². The van der Waals surface area contributed by atoms with Crippen molar-refractivity contribution < 1.29 is 35.9 Å². The number of alkyl halides is 3. The summed E-state index contributed by atoms with van der Waals surface area (Å²) in [5, 5.41) is 4.47. The van der Waals surface area contributed by atoms with Gasteiger partial charge in [0.15, 0.2) is 0 Å². The van der Waals surface area contributed by atoms with E-state index < -0.39 is 32.9 Å². The van der Waals surface area contributed by atoms with Crippen LogP contribution < -0.4 is 19.7 Å². The zero-order chi connectivity index (χ0) is 27.7. The third-order valence-electron chi connectivity index (χ3n) is 5.96. The lowest BCUT2D eigenvalue weighted by molar-refractivity contribution is -0.274. The maximum absolute atomic E-state index is 13.3. The van der Waals surface area contributed by atoms with Crippen molar-refractivity contribution in [1.82, 2.24) is 0 Å². The summed E-state index contributed by atoms with van der Waals surface area (Å²) in [5.74, 6) is -1.19. The van der Waals surface area contributed by atoms with Crippen molar-refractivity contribution >= 4 is 44.3 Å². The molecular weight excluding hydrogens is 543 g/mol. The highest BCUT2D eigenvalue weighted by Gasteiger charge is 2.32. The quantitative estimate of drug-likeness (QED) is 0.392. The molecule has 2 N–H and O–H groups in total. The van der Waals surface area contributed by atoms with Gasteiger partial charge < -0.3 is 19.7 Å². The number of halogens is 3. The molecule has 1 fully saturated rings. The SMILES string of the molecule is Cc1cc(C)c(N2CCOCC2)c(C)c1NC(=O)c1sccc1NS(=O)(=O)c1cccc(OC(F)(F)F)c1. The van der Waals surface area contributed by atoms with E-state index in [0.717, 1.165) is 71.1 Å².